The summed E-state index contributed by atoms with van der Waals surface area (Å²) in [7, 11) is 0. The van der Waals surface area contributed by atoms with Crippen LogP contribution in [0, 0.1) is 5.41 Å². The number of aromatic nitrogens is 2. The summed E-state index contributed by atoms with van der Waals surface area (Å²) in [6.45, 7) is 0.617. The first kappa shape index (κ1) is 16.1. The van der Waals surface area contributed by atoms with Gasteiger partial charge in [-0.05, 0) is 25.0 Å². The molecule has 0 radical (unpaired) electrons. The number of nitrogens with one attached hydrogen (secondary N) is 1. The molecule has 3 heterocycles. The van der Waals surface area contributed by atoms with Crippen LogP contribution in [0.5, 0.6) is 0 Å². The van der Waals surface area contributed by atoms with E-state index in [1.165, 1.54) is 16.8 Å². The van der Waals surface area contributed by atoms with Crippen molar-refractivity contribution in [2.24, 2.45) is 5.41 Å². The SMILES string of the molecule is O=C(NCC1(C(=O)O)CCOCC1)c1cnc2ccccn2c1=O. The van der Waals surface area contributed by atoms with Gasteiger partial charge in [-0.3, -0.25) is 18.8 Å². The highest BCUT2D eigenvalue weighted by atomic mass is 16.5. The fourth-order valence-electron chi connectivity index (χ4n) is 2.76. The number of aliphatic carboxylic acids is 1. The number of carboxylic acid groups (broad SMARTS) is 1. The maximum Gasteiger partial charge on any atom is 0.311 e. The summed E-state index contributed by atoms with van der Waals surface area (Å²) in [5.74, 6) is -1.60. The van der Waals surface area contributed by atoms with Crippen LogP contribution in [0.25, 0.3) is 5.65 Å². The van der Waals surface area contributed by atoms with Gasteiger partial charge in [-0.15, -0.1) is 0 Å². The highest BCUT2D eigenvalue weighted by Gasteiger charge is 2.40. The molecule has 1 saturated heterocycles. The zero-order valence-electron chi connectivity index (χ0n) is 12.9. The normalized spacial score (nSPS) is 16.7. The van der Waals surface area contributed by atoms with Crippen molar-refractivity contribution in [3.05, 3.63) is 46.5 Å². The Morgan fingerprint density at radius 2 is 2.08 bits per heavy atom. The average molecular weight is 331 g/mol. The third-order valence-corrected chi connectivity index (χ3v) is 4.35. The Morgan fingerprint density at radius 3 is 2.79 bits per heavy atom. The number of rotatable bonds is 4. The van der Waals surface area contributed by atoms with Gasteiger partial charge in [0.2, 0.25) is 0 Å². The van der Waals surface area contributed by atoms with E-state index in [9.17, 15) is 19.5 Å². The van der Waals surface area contributed by atoms with Crippen LogP contribution in [0.3, 0.4) is 0 Å². The number of hydrogen-bond acceptors (Lipinski definition) is 5. The van der Waals surface area contributed by atoms with Crippen molar-refractivity contribution in [3.8, 4) is 0 Å². The van der Waals surface area contributed by atoms with Crippen molar-refractivity contribution in [2.45, 2.75) is 12.8 Å². The fourth-order valence-corrected chi connectivity index (χ4v) is 2.76. The van der Waals surface area contributed by atoms with Gasteiger partial charge < -0.3 is 15.2 Å². The minimum absolute atomic E-state index is 0.0541. The lowest BCUT2D eigenvalue weighted by Gasteiger charge is -2.33. The quantitative estimate of drug-likeness (QED) is 0.834. The summed E-state index contributed by atoms with van der Waals surface area (Å²) >= 11 is 0. The molecule has 0 aromatic carbocycles. The predicted octanol–water partition coefficient (Wildman–Crippen LogP) is 0.306. The number of carbonyl (C=O) groups is 2. The van der Waals surface area contributed by atoms with Crippen LogP contribution in [0.1, 0.15) is 23.2 Å². The van der Waals surface area contributed by atoms with Gasteiger partial charge in [0, 0.05) is 32.2 Å². The van der Waals surface area contributed by atoms with Gasteiger partial charge in [-0.1, -0.05) is 6.07 Å². The zero-order valence-corrected chi connectivity index (χ0v) is 12.9. The lowest BCUT2D eigenvalue weighted by molar-refractivity contribution is -0.154. The Balaban J connectivity index is 1.81. The number of nitrogens with zero attached hydrogens (tertiary/aromatic N) is 2. The van der Waals surface area contributed by atoms with E-state index >= 15 is 0 Å². The minimum atomic E-state index is -1.06. The molecule has 1 amide bonds. The van der Waals surface area contributed by atoms with E-state index in [0.29, 0.717) is 31.7 Å². The molecule has 0 saturated carbocycles. The van der Waals surface area contributed by atoms with E-state index in [1.807, 2.05) is 0 Å². The molecule has 0 spiro atoms. The molecule has 8 nitrogen and oxygen atoms in total. The maximum absolute atomic E-state index is 12.4. The van der Waals surface area contributed by atoms with E-state index in [-0.39, 0.29) is 12.1 Å². The summed E-state index contributed by atoms with van der Waals surface area (Å²) in [6, 6.07) is 5.06. The monoisotopic (exact) mass is 331 g/mol. The maximum atomic E-state index is 12.4. The second kappa shape index (κ2) is 6.40. The molecule has 1 fully saturated rings. The lowest BCUT2D eigenvalue weighted by atomic mass is 9.80. The molecule has 2 aromatic heterocycles. The number of carbonyl (C=O) groups excluding carboxylic acids is 1. The molecule has 24 heavy (non-hydrogen) atoms. The smallest absolute Gasteiger partial charge is 0.311 e. The van der Waals surface area contributed by atoms with Gasteiger partial charge in [0.15, 0.2) is 0 Å². The van der Waals surface area contributed by atoms with Crippen LogP contribution in [-0.4, -0.2) is 46.1 Å². The standard InChI is InChI=1S/C16H17N3O5/c20-13(18-10-16(15(22)23)4-7-24-8-5-16)11-9-17-12-3-1-2-6-19(12)14(11)21/h1-3,6,9H,4-5,7-8,10H2,(H,18,20)(H,22,23). The number of amides is 1. The molecular formula is C16H17N3O5. The van der Waals surface area contributed by atoms with E-state index in [1.54, 1.807) is 18.2 Å². The third-order valence-electron chi connectivity index (χ3n) is 4.35. The number of pyridine rings is 1. The second-order valence-electron chi connectivity index (χ2n) is 5.79. The lowest BCUT2D eigenvalue weighted by Crippen LogP contribution is -2.47. The van der Waals surface area contributed by atoms with Crippen molar-refractivity contribution in [2.75, 3.05) is 19.8 Å². The van der Waals surface area contributed by atoms with Crippen molar-refractivity contribution in [1.29, 1.82) is 0 Å². The van der Waals surface area contributed by atoms with Gasteiger partial charge >= 0.3 is 5.97 Å². The fraction of sp³-hybridized carbons (Fsp3) is 0.375. The first-order chi connectivity index (χ1) is 11.5. The van der Waals surface area contributed by atoms with E-state index in [0.717, 1.165) is 0 Å². The number of carboxylic acids is 1. The average Bonchev–Trinajstić information content (AvgIpc) is 2.61. The number of fused-ring (bicyclic) bond motifs is 1. The summed E-state index contributed by atoms with van der Waals surface area (Å²) in [5.41, 5.74) is -1.24. The second-order valence-corrected chi connectivity index (χ2v) is 5.79. The van der Waals surface area contributed by atoms with Crippen LogP contribution in [0.15, 0.2) is 35.4 Å². The van der Waals surface area contributed by atoms with Gasteiger partial charge in [-0.2, -0.15) is 0 Å². The molecule has 1 aliphatic heterocycles. The number of ether oxygens (including phenoxy) is 1. The van der Waals surface area contributed by atoms with Crippen LogP contribution in [0.2, 0.25) is 0 Å². The first-order valence-electron chi connectivity index (χ1n) is 7.59. The Hall–Kier alpha value is -2.74. The molecular weight excluding hydrogens is 314 g/mol. The molecule has 2 aromatic rings. The van der Waals surface area contributed by atoms with Crippen molar-refractivity contribution in [3.63, 3.8) is 0 Å². The molecule has 3 rings (SSSR count). The van der Waals surface area contributed by atoms with Gasteiger partial charge in [0.1, 0.15) is 11.2 Å². The van der Waals surface area contributed by atoms with E-state index in [4.69, 9.17) is 4.74 Å². The molecule has 8 heteroatoms. The highest BCUT2D eigenvalue weighted by molar-refractivity contribution is 5.94. The van der Waals surface area contributed by atoms with Crippen LogP contribution < -0.4 is 10.9 Å². The first-order valence-corrected chi connectivity index (χ1v) is 7.59. The van der Waals surface area contributed by atoms with Gasteiger partial charge in [0.25, 0.3) is 11.5 Å². The molecule has 1 aliphatic rings. The van der Waals surface area contributed by atoms with Gasteiger partial charge in [0.05, 0.1) is 5.41 Å². The van der Waals surface area contributed by atoms with E-state index in [2.05, 4.69) is 10.3 Å². The third kappa shape index (κ3) is 2.88. The number of hydrogen-bond donors (Lipinski definition) is 2. The molecule has 126 valence electrons. The molecule has 0 bridgehead atoms. The van der Waals surface area contributed by atoms with Crippen LogP contribution in [-0.2, 0) is 9.53 Å². The van der Waals surface area contributed by atoms with Gasteiger partial charge in [-0.25, -0.2) is 4.98 Å². The van der Waals surface area contributed by atoms with Crippen molar-refractivity contribution >= 4 is 17.5 Å². The Labute approximate surface area is 137 Å². The molecule has 0 atom stereocenters. The summed E-state index contributed by atoms with van der Waals surface area (Å²) < 4.78 is 6.47. The topological polar surface area (TPSA) is 110 Å². The van der Waals surface area contributed by atoms with Crippen LogP contribution in [0.4, 0.5) is 0 Å². The summed E-state index contributed by atoms with van der Waals surface area (Å²) in [6.07, 6.45) is 3.37. The molecule has 2 N–H and O–H groups in total. The Bertz CT molecular complexity index is 839. The molecule has 0 unspecified atom stereocenters. The van der Waals surface area contributed by atoms with E-state index < -0.39 is 22.9 Å². The highest BCUT2D eigenvalue weighted by Crippen LogP contribution is 2.30. The van der Waals surface area contributed by atoms with Crippen LogP contribution >= 0.6 is 0 Å². The summed E-state index contributed by atoms with van der Waals surface area (Å²) in [4.78, 5) is 40.3. The largest absolute Gasteiger partial charge is 0.481 e. The zero-order chi connectivity index (χ0) is 17.2. The van der Waals surface area contributed by atoms with Crippen molar-refractivity contribution in [1.82, 2.24) is 14.7 Å². The molecule has 0 aliphatic carbocycles. The predicted molar refractivity (Wildman–Crippen MR) is 83.9 cm³/mol. The Morgan fingerprint density at radius 1 is 1.33 bits per heavy atom. The minimum Gasteiger partial charge on any atom is -0.481 e. The van der Waals surface area contributed by atoms with Crippen molar-refractivity contribution < 1.29 is 19.4 Å². The summed E-state index contributed by atoms with van der Waals surface area (Å²) in [5, 5.41) is 12.1. The Kier molecular flexibility index (Phi) is 4.30.